The third-order valence-electron chi connectivity index (χ3n) is 3.08. The Balaban J connectivity index is 2.64. The second-order valence-corrected chi connectivity index (χ2v) is 3.80. The summed E-state index contributed by atoms with van der Waals surface area (Å²) >= 11 is 0. The Labute approximate surface area is 85.8 Å². The molecule has 1 saturated heterocycles. The molecule has 1 unspecified atom stereocenters. The van der Waals surface area contributed by atoms with Gasteiger partial charge in [0.15, 0.2) is 0 Å². The first kappa shape index (κ1) is 11.5. The van der Waals surface area contributed by atoms with Gasteiger partial charge in [0.1, 0.15) is 0 Å². The fourth-order valence-corrected chi connectivity index (χ4v) is 1.93. The van der Waals surface area contributed by atoms with Crippen LogP contribution in [0.3, 0.4) is 0 Å². The predicted octanol–water partition coefficient (Wildman–Crippen LogP) is 1.82. The van der Waals surface area contributed by atoms with Crippen molar-refractivity contribution in [3.63, 3.8) is 0 Å². The van der Waals surface area contributed by atoms with Crippen molar-refractivity contribution in [2.24, 2.45) is 11.3 Å². The van der Waals surface area contributed by atoms with Gasteiger partial charge in [-0.1, -0.05) is 13.8 Å². The molecule has 1 heterocycles. The van der Waals surface area contributed by atoms with E-state index in [-0.39, 0.29) is 17.3 Å². The maximum absolute atomic E-state index is 11.7. The van der Waals surface area contributed by atoms with Crippen molar-refractivity contribution in [3.8, 4) is 0 Å². The molecule has 0 spiro atoms. The van der Waals surface area contributed by atoms with Crippen LogP contribution in [0, 0.1) is 18.3 Å². The standard InChI is InChI=1S/C11H19O3/c1-4-9(10(12)14-6-3)11(5-2)7-13-8-11/h9H,1,4-8H2,2-3H3. The summed E-state index contributed by atoms with van der Waals surface area (Å²) in [4.78, 5) is 11.7. The summed E-state index contributed by atoms with van der Waals surface area (Å²) in [6.07, 6.45) is 1.54. The van der Waals surface area contributed by atoms with E-state index in [0.29, 0.717) is 26.2 Å². The van der Waals surface area contributed by atoms with Gasteiger partial charge >= 0.3 is 5.97 Å². The van der Waals surface area contributed by atoms with Gasteiger partial charge < -0.3 is 9.47 Å². The lowest BCUT2D eigenvalue weighted by atomic mass is 9.70. The summed E-state index contributed by atoms with van der Waals surface area (Å²) in [7, 11) is 0. The number of rotatable bonds is 5. The molecule has 0 N–H and O–H groups in total. The van der Waals surface area contributed by atoms with Crippen molar-refractivity contribution in [2.75, 3.05) is 19.8 Å². The molecule has 1 atom stereocenters. The number of hydrogen-bond acceptors (Lipinski definition) is 3. The molecule has 0 aromatic rings. The van der Waals surface area contributed by atoms with E-state index in [1.807, 2.05) is 6.92 Å². The second kappa shape index (κ2) is 4.78. The van der Waals surface area contributed by atoms with Crippen LogP contribution in [0.5, 0.6) is 0 Å². The van der Waals surface area contributed by atoms with E-state index < -0.39 is 0 Å². The fraction of sp³-hybridized carbons (Fsp3) is 0.818. The minimum atomic E-state index is -0.118. The van der Waals surface area contributed by atoms with E-state index in [2.05, 4.69) is 13.8 Å². The maximum Gasteiger partial charge on any atom is 0.309 e. The van der Waals surface area contributed by atoms with E-state index in [4.69, 9.17) is 9.47 Å². The van der Waals surface area contributed by atoms with E-state index in [1.54, 1.807) is 0 Å². The predicted molar refractivity (Wildman–Crippen MR) is 53.6 cm³/mol. The summed E-state index contributed by atoms with van der Waals surface area (Å²) in [6, 6.07) is 0. The zero-order valence-corrected chi connectivity index (χ0v) is 9.04. The molecule has 0 saturated carbocycles. The first-order valence-electron chi connectivity index (χ1n) is 5.23. The van der Waals surface area contributed by atoms with Crippen molar-refractivity contribution in [1.82, 2.24) is 0 Å². The smallest absolute Gasteiger partial charge is 0.309 e. The SMILES string of the molecule is [CH2]CC(C(=O)OCC)C1(CC)COC1. The Hall–Kier alpha value is -0.570. The van der Waals surface area contributed by atoms with Gasteiger partial charge in [0.2, 0.25) is 0 Å². The van der Waals surface area contributed by atoms with Gasteiger partial charge in [0, 0.05) is 5.41 Å². The van der Waals surface area contributed by atoms with Gasteiger partial charge in [-0.25, -0.2) is 0 Å². The van der Waals surface area contributed by atoms with Gasteiger partial charge in [0.05, 0.1) is 25.7 Å². The third-order valence-corrected chi connectivity index (χ3v) is 3.08. The molecule has 1 aliphatic heterocycles. The maximum atomic E-state index is 11.7. The average Bonchev–Trinajstić information content (AvgIpc) is 2.11. The Morgan fingerprint density at radius 1 is 1.57 bits per heavy atom. The molecule has 0 amide bonds. The van der Waals surface area contributed by atoms with Crippen LogP contribution < -0.4 is 0 Å². The summed E-state index contributed by atoms with van der Waals surface area (Å²) in [6.45, 7) is 9.52. The minimum absolute atomic E-state index is 0.00595. The first-order valence-corrected chi connectivity index (χ1v) is 5.23. The lowest BCUT2D eigenvalue weighted by Crippen LogP contribution is -2.50. The van der Waals surface area contributed by atoms with Crippen molar-refractivity contribution in [2.45, 2.75) is 26.7 Å². The second-order valence-electron chi connectivity index (χ2n) is 3.80. The topological polar surface area (TPSA) is 35.5 Å². The molecule has 81 valence electrons. The zero-order chi connectivity index (χ0) is 10.6. The van der Waals surface area contributed by atoms with E-state index in [9.17, 15) is 4.79 Å². The highest BCUT2D eigenvalue weighted by Crippen LogP contribution is 2.41. The molecule has 0 aromatic carbocycles. The molecule has 0 aromatic heterocycles. The Bertz CT molecular complexity index is 191. The Kier molecular flexibility index (Phi) is 3.93. The van der Waals surface area contributed by atoms with Crippen LogP contribution in [0.4, 0.5) is 0 Å². The van der Waals surface area contributed by atoms with Crippen LogP contribution in [-0.4, -0.2) is 25.8 Å². The van der Waals surface area contributed by atoms with Crippen LogP contribution in [0.2, 0.25) is 0 Å². The van der Waals surface area contributed by atoms with Crippen LogP contribution in [0.1, 0.15) is 26.7 Å². The highest BCUT2D eigenvalue weighted by Gasteiger charge is 2.47. The van der Waals surface area contributed by atoms with Crippen molar-refractivity contribution in [3.05, 3.63) is 6.92 Å². The van der Waals surface area contributed by atoms with Crippen LogP contribution in [-0.2, 0) is 14.3 Å². The monoisotopic (exact) mass is 199 g/mol. The number of carbonyl (C=O) groups is 1. The Morgan fingerprint density at radius 2 is 2.21 bits per heavy atom. The number of ether oxygens (including phenoxy) is 2. The lowest BCUT2D eigenvalue weighted by Gasteiger charge is -2.45. The lowest BCUT2D eigenvalue weighted by molar-refractivity contribution is -0.180. The van der Waals surface area contributed by atoms with Crippen molar-refractivity contribution < 1.29 is 14.3 Å². The molecule has 1 rings (SSSR count). The molecule has 1 aliphatic rings. The van der Waals surface area contributed by atoms with E-state index in [0.717, 1.165) is 6.42 Å². The van der Waals surface area contributed by atoms with Gasteiger partial charge in [-0.3, -0.25) is 4.79 Å². The highest BCUT2D eigenvalue weighted by atomic mass is 16.5. The molecule has 14 heavy (non-hydrogen) atoms. The van der Waals surface area contributed by atoms with Crippen LogP contribution in [0.15, 0.2) is 0 Å². The van der Waals surface area contributed by atoms with Gasteiger partial charge in [0.25, 0.3) is 0 Å². The molecular formula is C11H19O3. The minimum Gasteiger partial charge on any atom is -0.466 e. The molecule has 0 bridgehead atoms. The number of hydrogen-bond donors (Lipinski definition) is 0. The average molecular weight is 199 g/mol. The fourth-order valence-electron chi connectivity index (χ4n) is 1.93. The third kappa shape index (κ3) is 1.92. The molecule has 3 nitrogen and oxygen atoms in total. The summed E-state index contributed by atoms with van der Waals surface area (Å²) in [5.41, 5.74) is -0.00595. The Morgan fingerprint density at radius 3 is 2.50 bits per heavy atom. The largest absolute Gasteiger partial charge is 0.466 e. The summed E-state index contributed by atoms with van der Waals surface area (Å²) in [5, 5.41) is 0. The molecule has 3 heteroatoms. The quantitative estimate of drug-likeness (QED) is 0.633. The first-order chi connectivity index (χ1) is 6.70. The normalized spacial score (nSPS) is 21.1. The van der Waals surface area contributed by atoms with Crippen molar-refractivity contribution in [1.29, 1.82) is 0 Å². The molecule has 1 radical (unpaired) electrons. The molecular weight excluding hydrogens is 180 g/mol. The molecule has 0 aliphatic carbocycles. The van der Waals surface area contributed by atoms with Crippen molar-refractivity contribution >= 4 is 5.97 Å². The van der Waals surface area contributed by atoms with E-state index >= 15 is 0 Å². The van der Waals surface area contributed by atoms with Gasteiger partial charge in [-0.05, 0) is 19.8 Å². The van der Waals surface area contributed by atoms with Crippen LogP contribution >= 0.6 is 0 Å². The van der Waals surface area contributed by atoms with Gasteiger partial charge in [-0.15, -0.1) is 0 Å². The van der Waals surface area contributed by atoms with Crippen LogP contribution in [0.25, 0.3) is 0 Å². The summed E-state index contributed by atoms with van der Waals surface area (Å²) < 4.78 is 10.2. The number of esters is 1. The van der Waals surface area contributed by atoms with Gasteiger partial charge in [-0.2, -0.15) is 0 Å². The highest BCUT2D eigenvalue weighted by molar-refractivity contribution is 5.73. The zero-order valence-electron chi connectivity index (χ0n) is 9.04. The van der Waals surface area contributed by atoms with E-state index in [1.165, 1.54) is 0 Å². The molecule has 1 fully saturated rings. The summed E-state index contributed by atoms with van der Waals surface area (Å²) in [5.74, 6) is -0.214. The number of carbonyl (C=O) groups excluding carboxylic acids is 1.